The molecular formula is C23H18N2Se. The van der Waals surface area contributed by atoms with E-state index < -0.39 is 0 Å². The average molecular weight is 401 g/mol. The van der Waals surface area contributed by atoms with Crippen molar-refractivity contribution in [3.8, 4) is 16.8 Å². The number of para-hydroxylation sites is 1. The van der Waals surface area contributed by atoms with Gasteiger partial charge in [-0.25, -0.2) is 0 Å². The molecule has 0 bridgehead atoms. The first kappa shape index (κ1) is 15.6. The summed E-state index contributed by atoms with van der Waals surface area (Å²) >= 11 is 0.419. The summed E-state index contributed by atoms with van der Waals surface area (Å²) in [5.74, 6) is 0. The number of aryl methyl sites for hydroxylation is 1. The van der Waals surface area contributed by atoms with Gasteiger partial charge in [-0.1, -0.05) is 0 Å². The first-order valence-corrected chi connectivity index (χ1v) is 10.5. The molecule has 0 atom stereocenters. The van der Waals surface area contributed by atoms with E-state index in [0.717, 1.165) is 11.4 Å². The maximum absolute atomic E-state index is 4.82. The number of nitrogens with zero attached hydrogens (tertiary/aromatic N) is 2. The summed E-state index contributed by atoms with van der Waals surface area (Å²) in [5, 5.41) is 7.61. The number of aromatic nitrogens is 2. The molecule has 2 heterocycles. The van der Waals surface area contributed by atoms with Crippen LogP contribution in [0.5, 0.6) is 0 Å². The Morgan fingerprint density at radius 2 is 1.50 bits per heavy atom. The second-order valence-corrected chi connectivity index (χ2v) is 8.88. The molecule has 0 aliphatic rings. The van der Waals surface area contributed by atoms with Gasteiger partial charge in [0.1, 0.15) is 0 Å². The summed E-state index contributed by atoms with van der Waals surface area (Å²) in [5.41, 5.74) is 5.87. The molecule has 0 fully saturated rings. The monoisotopic (exact) mass is 402 g/mol. The molecular weight excluding hydrogens is 383 g/mol. The Morgan fingerprint density at radius 1 is 0.769 bits per heavy atom. The molecule has 0 saturated heterocycles. The molecule has 5 aromatic rings. The van der Waals surface area contributed by atoms with Crippen LogP contribution in [0.25, 0.3) is 36.1 Å². The third kappa shape index (κ3) is 2.36. The molecule has 2 nitrogen and oxygen atoms in total. The average Bonchev–Trinajstić information content (AvgIpc) is 3.19. The van der Waals surface area contributed by atoms with Crippen LogP contribution < -0.4 is 0 Å². The summed E-state index contributed by atoms with van der Waals surface area (Å²) in [6.45, 7) is 4.26. The van der Waals surface area contributed by atoms with Crippen LogP contribution >= 0.6 is 0 Å². The Morgan fingerprint density at radius 3 is 2.35 bits per heavy atom. The van der Waals surface area contributed by atoms with Crippen LogP contribution in [0, 0.1) is 13.8 Å². The van der Waals surface area contributed by atoms with Gasteiger partial charge in [-0.2, -0.15) is 0 Å². The molecule has 26 heavy (non-hydrogen) atoms. The molecule has 0 radical (unpaired) electrons. The van der Waals surface area contributed by atoms with Gasteiger partial charge in [-0.05, 0) is 0 Å². The van der Waals surface area contributed by atoms with Crippen LogP contribution in [0.15, 0.2) is 72.8 Å². The summed E-state index contributed by atoms with van der Waals surface area (Å²) in [6, 6.07) is 26.1. The van der Waals surface area contributed by atoms with Gasteiger partial charge in [0.25, 0.3) is 0 Å². The van der Waals surface area contributed by atoms with Crippen molar-refractivity contribution in [2.75, 3.05) is 0 Å². The molecule has 5 rings (SSSR count). The van der Waals surface area contributed by atoms with Crippen molar-refractivity contribution in [1.29, 1.82) is 0 Å². The third-order valence-corrected chi connectivity index (χ3v) is 7.37. The summed E-state index contributed by atoms with van der Waals surface area (Å²) in [7, 11) is 0. The topological polar surface area (TPSA) is 17.8 Å². The molecule has 0 amide bonds. The van der Waals surface area contributed by atoms with E-state index in [1.54, 1.807) is 0 Å². The van der Waals surface area contributed by atoms with Gasteiger partial charge in [0.15, 0.2) is 0 Å². The van der Waals surface area contributed by atoms with Gasteiger partial charge in [-0.3, -0.25) is 0 Å². The Balaban J connectivity index is 1.73. The van der Waals surface area contributed by atoms with Crippen LogP contribution in [0.3, 0.4) is 0 Å². The molecule has 0 N–H and O–H groups in total. The van der Waals surface area contributed by atoms with Crippen molar-refractivity contribution >= 4 is 33.8 Å². The Hall–Kier alpha value is -2.61. The van der Waals surface area contributed by atoms with Gasteiger partial charge >= 0.3 is 158 Å². The van der Waals surface area contributed by atoms with Crippen molar-refractivity contribution in [2.45, 2.75) is 13.8 Å². The van der Waals surface area contributed by atoms with Gasteiger partial charge in [0.05, 0.1) is 0 Å². The van der Waals surface area contributed by atoms with Crippen LogP contribution in [-0.2, 0) is 0 Å². The van der Waals surface area contributed by atoms with E-state index in [-0.39, 0.29) is 0 Å². The van der Waals surface area contributed by atoms with Gasteiger partial charge in [0.2, 0.25) is 0 Å². The van der Waals surface area contributed by atoms with Crippen molar-refractivity contribution in [2.24, 2.45) is 0 Å². The van der Waals surface area contributed by atoms with Crippen molar-refractivity contribution < 1.29 is 0 Å². The maximum atomic E-state index is 4.82. The zero-order valence-electron chi connectivity index (χ0n) is 14.7. The van der Waals surface area contributed by atoms with Gasteiger partial charge < -0.3 is 0 Å². The molecule has 0 spiro atoms. The number of fused-ring (bicyclic) bond motifs is 3. The fourth-order valence-corrected chi connectivity index (χ4v) is 6.04. The fraction of sp³-hybridized carbons (Fsp3) is 0.0870. The Bertz CT molecular complexity index is 1250. The van der Waals surface area contributed by atoms with Crippen LogP contribution in [0.1, 0.15) is 11.4 Å². The molecule has 0 aliphatic carbocycles. The first-order valence-electron chi connectivity index (χ1n) is 8.76. The van der Waals surface area contributed by atoms with E-state index >= 15 is 0 Å². The van der Waals surface area contributed by atoms with E-state index in [2.05, 4.69) is 85.3 Å². The Kier molecular flexibility index (Phi) is 3.59. The van der Waals surface area contributed by atoms with Crippen molar-refractivity contribution in [3.63, 3.8) is 0 Å². The second kappa shape index (κ2) is 5.98. The van der Waals surface area contributed by atoms with E-state index in [4.69, 9.17) is 5.10 Å². The minimum absolute atomic E-state index is 0.419. The predicted octanol–water partition coefficient (Wildman–Crippen LogP) is 5.52. The molecule has 0 aliphatic heterocycles. The fourth-order valence-electron chi connectivity index (χ4n) is 3.76. The summed E-state index contributed by atoms with van der Waals surface area (Å²) in [4.78, 5) is 0. The summed E-state index contributed by atoms with van der Waals surface area (Å²) < 4.78 is 5.02. The number of hydrogen-bond acceptors (Lipinski definition) is 1. The zero-order chi connectivity index (χ0) is 17.7. The van der Waals surface area contributed by atoms with Crippen molar-refractivity contribution in [1.82, 2.24) is 9.78 Å². The standard InChI is InChI=1S/C23H18N2Se/c1-15-23(16(2)25(24-15)18-8-4-3-5-9-18)17-12-13-22-20(14-17)19-10-6-7-11-21(19)26-22/h3-14H,1-2H3. The minimum atomic E-state index is 0.419. The van der Waals surface area contributed by atoms with Gasteiger partial charge in [-0.15, -0.1) is 0 Å². The second-order valence-electron chi connectivity index (χ2n) is 6.60. The third-order valence-electron chi connectivity index (χ3n) is 4.96. The van der Waals surface area contributed by atoms with E-state index in [1.807, 2.05) is 6.07 Å². The van der Waals surface area contributed by atoms with Gasteiger partial charge in [0, 0.05) is 0 Å². The van der Waals surface area contributed by atoms with Crippen molar-refractivity contribution in [3.05, 3.63) is 84.2 Å². The zero-order valence-corrected chi connectivity index (χ0v) is 16.4. The number of hydrogen-bond donors (Lipinski definition) is 0. The van der Waals surface area contributed by atoms with E-state index in [1.165, 1.54) is 36.1 Å². The molecule has 2 aromatic heterocycles. The molecule has 0 unspecified atom stereocenters. The normalized spacial score (nSPS) is 11.5. The predicted molar refractivity (Wildman–Crippen MR) is 110 cm³/mol. The van der Waals surface area contributed by atoms with Crippen LogP contribution in [0.2, 0.25) is 0 Å². The molecule has 126 valence electrons. The quantitative estimate of drug-likeness (QED) is 0.356. The van der Waals surface area contributed by atoms with E-state index in [9.17, 15) is 0 Å². The Labute approximate surface area is 158 Å². The van der Waals surface area contributed by atoms with Crippen LogP contribution in [-0.4, -0.2) is 24.3 Å². The van der Waals surface area contributed by atoms with E-state index in [0.29, 0.717) is 14.5 Å². The number of rotatable bonds is 2. The SMILES string of the molecule is Cc1nn(-c2ccccc2)c(C)c1-c1ccc2[se]c3ccccc3c2c1. The number of benzene rings is 3. The molecule has 0 saturated carbocycles. The first-order chi connectivity index (χ1) is 12.7. The summed E-state index contributed by atoms with van der Waals surface area (Å²) in [6.07, 6.45) is 0. The van der Waals surface area contributed by atoms with Crippen LogP contribution in [0.4, 0.5) is 0 Å². The molecule has 3 heteroatoms. The molecule has 3 aromatic carbocycles.